The second kappa shape index (κ2) is 5.19. The van der Waals surface area contributed by atoms with Gasteiger partial charge in [-0.3, -0.25) is 9.78 Å². The Balaban J connectivity index is 1.44. The van der Waals surface area contributed by atoms with Gasteiger partial charge in [-0.05, 0) is 38.3 Å². The Morgan fingerprint density at radius 2 is 2.14 bits per heavy atom. The van der Waals surface area contributed by atoms with E-state index in [0.29, 0.717) is 23.9 Å². The average Bonchev–Trinajstić information content (AvgIpc) is 3.07. The van der Waals surface area contributed by atoms with Gasteiger partial charge in [-0.2, -0.15) is 4.98 Å². The maximum atomic E-state index is 12.5. The molecular formula is C16H18N4O2. The molecule has 0 N–H and O–H groups in total. The molecule has 0 aromatic carbocycles. The van der Waals surface area contributed by atoms with Crippen molar-refractivity contribution in [3.8, 4) is 0 Å². The summed E-state index contributed by atoms with van der Waals surface area (Å²) in [4.78, 5) is 23.0. The summed E-state index contributed by atoms with van der Waals surface area (Å²) in [6.45, 7) is 3.27. The van der Waals surface area contributed by atoms with E-state index < -0.39 is 0 Å². The molecule has 1 saturated heterocycles. The van der Waals surface area contributed by atoms with Gasteiger partial charge in [0.15, 0.2) is 5.82 Å². The Morgan fingerprint density at radius 1 is 1.27 bits per heavy atom. The van der Waals surface area contributed by atoms with Crippen LogP contribution in [0.5, 0.6) is 0 Å². The number of amides is 1. The second-order valence-corrected chi connectivity index (χ2v) is 6.19. The summed E-state index contributed by atoms with van der Waals surface area (Å²) < 4.78 is 5.39. The zero-order valence-corrected chi connectivity index (χ0v) is 12.5. The second-order valence-electron chi connectivity index (χ2n) is 6.19. The molecule has 3 heterocycles. The number of nitrogens with zero attached hydrogens (tertiary/aromatic N) is 4. The molecule has 6 heteroatoms. The Labute approximate surface area is 128 Å². The maximum absolute atomic E-state index is 12.5. The van der Waals surface area contributed by atoms with E-state index in [9.17, 15) is 4.79 Å². The monoisotopic (exact) mass is 298 g/mol. The zero-order chi connectivity index (χ0) is 15.1. The number of hydrogen-bond donors (Lipinski definition) is 0. The summed E-state index contributed by atoms with van der Waals surface area (Å²) in [5, 5.41) is 4.06. The normalized spacial score (nSPS) is 21.3. The number of pyridine rings is 1. The molecule has 2 aromatic rings. The molecule has 2 fully saturated rings. The van der Waals surface area contributed by atoms with Gasteiger partial charge in [-0.25, -0.2) is 0 Å². The smallest absolute Gasteiger partial charge is 0.255 e. The highest BCUT2D eigenvalue weighted by Gasteiger charge is 2.34. The van der Waals surface area contributed by atoms with Crippen molar-refractivity contribution in [3.63, 3.8) is 0 Å². The third kappa shape index (κ3) is 2.49. The van der Waals surface area contributed by atoms with E-state index in [-0.39, 0.29) is 11.8 Å². The number of likely N-dealkylation sites (tertiary alicyclic amines) is 1. The van der Waals surface area contributed by atoms with Gasteiger partial charge in [0.2, 0.25) is 5.89 Å². The highest BCUT2D eigenvalue weighted by Crippen LogP contribution is 2.39. The lowest BCUT2D eigenvalue weighted by molar-refractivity contribution is 0.0789. The number of carbonyl (C=O) groups excluding carboxylic acids is 1. The summed E-state index contributed by atoms with van der Waals surface area (Å²) in [6.07, 6.45) is 4.84. The van der Waals surface area contributed by atoms with E-state index in [1.165, 1.54) is 0 Å². The van der Waals surface area contributed by atoms with Crippen LogP contribution < -0.4 is 0 Å². The van der Waals surface area contributed by atoms with E-state index in [0.717, 1.165) is 37.3 Å². The van der Waals surface area contributed by atoms with Gasteiger partial charge >= 0.3 is 0 Å². The minimum atomic E-state index is 0.0249. The van der Waals surface area contributed by atoms with E-state index in [2.05, 4.69) is 15.1 Å². The lowest BCUT2D eigenvalue weighted by atomic mass is 10.1. The van der Waals surface area contributed by atoms with Crippen molar-refractivity contribution in [2.24, 2.45) is 0 Å². The zero-order valence-electron chi connectivity index (χ0n) is 12.5. The van der Waals surface area contributed by atoms with Crippen LogP contribution in [0.1, 0.15) is 58.9 Å². The van der Waals surface area contributed by atoms with Crippen LogP contribution in [-0.4, -0.2) is 39.0 Å². The Morgan fingerprint density at radius 3 is 2.86 bits per heavy atom. The molecule has 1 atom stereocenters. The summed E-state index contributed by atoms with van der Waals surface area (Å²) in [5.74, 6) is 2.19. The van der Waals surface area contributed by atoms with Crippen LogP contribution >= 0.6 is 0 Å². The Kier molecular flexibility index (Phi) is 3.17. The molecule has 22 heavy (non-hydrogen) atoms. The SMILES string of the molecule is Cc1ccc(C(=O)N2CC[C@H](c3nc(C4CC4)no3)C2)cn1. The molecular weight excluding hydrogens is 280 g/mol. The lowest BCUT2D eigenvalue weighted by Gasteiger charge is -2.15. The van der Waals surface area contributed by atoms with Gasteiger partial charge in [0.25, 0.3) is 5.91 Å². The van der Waals surface area contributed by atoms with Crippen LogP contribution in [0, 0.1) is 6.92 Å². The third-order valence-electron chi connectivity index (χ3n) is 4.38. The van der Waals surface area contributed by atoms with Crippen molar-refractivity contribution in [1.82, 2.24) is 20.0 Å². The number of hydrogen-bond acceptors (Lipinski definition) is 5. The quantitative estimate of drug-likeness (QED) is 0.869. The van der Waals surface area contributed by atoms with Gasteiger partial charge in [0, 0.05) is 30.9 Å². The number of rotatable bonds is 3. The fourth-order valence-corrected chi connectivity index (χ4v) is 2.84. The molecule has 6 nitrogen and oxygen atoms in total. The van der Waals surface area contributed by atoms with Crippen LogP contribution in [0.3, 0.4) is 0 Å². The highest BCUT2D eigenvalue weighted by atomic mass is 16.5. The van der Waals surface area contributed by atoms with Gasteiger partial charge in [-0.1, -0.05) is 5.16 Å². The van der Waals surface area contributed by atoms with Gasteiger partial charge < -0.3 is 9.42 Å². The molecule has 4 rings (SSSR count). The molecule has 1 saturated carbocycles. The fourth-order valence-electron chi connectivity index (χ4n) is 2.84. The van der Waals surface area contributed by atoms with Crippen molar-refractivity contribution in [3.05, 3.63) is 41.3 Å². The number of carbonyl (C=O) groups is 1. The molecule has 2 aliphatic rings. The predicted octanol–water partition coefficient (Wildman–Crippen LogP) is 2.28. The molecule has 1 aliphatic carbocycles. The molecule has 0 unspecified atom stereocenters. The summed E-state index contributed by atoms with van der Waals surface area (Å²) in [6, 6.07) is 3.69. The first-order chi connectivity index (χ1) is 10.7. The van der Waals surface area contributed by atoms with Crippen molar-refractivity contribution in [1.29, 1.82) is 0 Å². The van der Waals surface area contributed by atoms with Crippen molar-refractivity contribution in [2.75, 3.05) is 13.1 Å². The number of aryl methyl sites for hydroxylation is 1. The first-order valence-electron chi connectivity index (χ1n) is 7.76. The lowest BCUT2D eigenvalue weighted by Crippen LogP contribution is -2.28. The molecule has 114 valence electrons. The third-order valence-corrected chi connectivity index (χ3v) is 4.38. The first-order valence-corrected chi connectivity index (χ1v) is 7.76. The minimum absolute atomic E-state index is 0.0249. The van der Waals surface area contributed by atoms with Crippen molar-refractivity contribution < 1.29 is 9.32 Å². The standard InChI is InChI=1S/C16H18N4O2/c1-10-2-3-12(8-17-10)16(21)20-7-6-13(9-20)15-18-14(19-22-15)11-4-5-11/h2-3,8,11,13H,4-7,9H2,1H3/t13-/m0/s1. The molecule has 1 aliphatic heterocycles. The summed E-state index contributed by atoms with van der Waals surface area (Å²) >= 11 is 0. The van der Waals surface area contributed by atoms with Crippen molar-refractivity contribution >= 4 is 5.91 Å². The summed E-state index contributed by atoms with van der Waals surface area (Å²) in [5.41, 5.74) is 1.55. The summed E-state index contributed by atoms with van der Waals surface area (Å²) in [7, 11) is 0. The maximum Gasteiger partial charge on any atom is 0.255 e. The Bertz CT molecular complexity index is 690. The van der Waals surface area contributed by atoms with E-state index in [4.69, 9.17) is 4.52 Å². The van der Waals surface area contributed by atoms with Crippen LogP contribution in [0.2, 0.25) is 0 Å². The van der Waals surface area contributed by atoms with Crippen LogP contribution in [-0.2, 0) is 0 Å². The largest absolute Gasteiger partial charge is 0.339 e. The fraction of sp³-hybridized carbons (Fsp3) is 0.500. The first kappa shape index (κ1) is 13.4. The molecule has 0 radical (unpaired) electrons. The molecule has 0 bridgehead atoms. The predicted molar refractivity (Wildman–Crippen MR) is 78.5 cm³/mol. The van der Waals surface area contributed by atoms with E-state index in [1.807, 2.05) is 24.0 Å². The molecule has 0 spiro atoms. The number of aromatic nitrogens is 3. The van der Waals surface area contributed by atoms with Crippen molar-refractivity contribution in [2.45, 2.75) is 38.0 Å². The van der Waals surface area contributed by atoms with Crippen LogP contribution in [0.25, 0.3) is 0 Å². The van der Waals surface area contributed by atoms with E-state index in [1.54, 1.807) is 6.20 Å². The highest BCUT2D eigenvalue weighted by molar-refractivity contribution is 5.94. The van der Waals surface area contributed by atoms with Gasteiger partial charge in [-0.15, -0.1) is 0 Å². The van der Waals surface area contributed by atoms with Gasteiger partial charge in [0.05, 0.1) is 11.5 Å². The molecule has 1 amide bonds. The van der Waals surface area contributed by atoms with E-state index >= 15 is 0 Å². The van der Waals surface area contributed by atoms with Gasteiger partial charge in [0.1, 0.15) is 0 Å². The molecule has 2 aromatic heterocycles. The van der Waals surface area contributed by atoms with Crippen LogP contribution in [0.4, 0.5) is 0 Å². The minimum Gasteiger partial charge on any atom is -0.339 e. The topological polar surface area (TPSA) is 72.1 Å². The Hall–Kier alpha value is -2.24. The van der Waals surface area contributed by atoms with Crippen LogP contribution in [0.15, 0.2) is 22.9 Å². The average molecular weight is 298 g/mol.